The van der Waals surface area contributed by atoms with Gasteiger partial charge in [0.25, 0.3) is 0 Å². The maximum Gasteiger partial charge on any atom is 0.407 e. The summed E-state index contributed by atoms with van der Waals surface area (Å²) in [7, 11) is 7.92. The van der Waals surface area contributed by atoms with E-state index in [1.54, 1.807) is 0 Å². The molecule has 0 radical (unpaired) electrons. The molecule has 0 aromatic rings. The molecule has 0 saturated heterocycles. The lowest BCUT2D eigenvalue weighted by molar-refractivity contribution is 0.0464. The summed E-state index contributed by atoms with van der Waals surface area (Å²) in [5.41, 5.74) is -0.150. The number of hydrogen-bond donors (Lipinski definition) is 2. The molecule has 0 aromatic carbocycles. The monoisotopic (exact) mass is 488 g/mol. The van der Waals surface area contributed by atoms with Gasteiger partial charge < -0.3 is 39.4 Å². The SMILES string of the molecule is CN(C)CCOCCOC(=O)NCC1(C)CC(NC(=O)OCCOCCN(C)C)CC(C)(C)C1. The first-order valence-corrected chi connectivity index (χ1v) is 12.2. The number of amides is 2. The first-order chi connectivity index (χ1) is 15.9. The van der Waals surface area contributed by atoms with Crippen molar-refractivity contribution in [3.05, 3.63) is 0 Å². The first kappa shape index (κ1) is 30.4. The van der Waals surface area contributed by atoms with Crippen LogP contribution in [0.2, 0.25) is 0 Å². The molecule has 0 aliphatic heterocycles. The number of alkyl carbamates (subject to hydrolysis) is 2. The Hall–Kier alpha value is -1.62. The lowest BCUT2D eigenvalue weighted by Gasteiger charge is -2.46. The van der Waals surface area contributed by atoms with Gasteiger partial charge in [-0.15, -0.1) is 0 Å². The number of rotatable bonds is 15. The lowest BCUT2D eigenvalue weighted by atomic mass is 9.62. The van der Waals surface area contributed by atoms with E-state index in [-0.39, 0.29) is 30.1 Å². The van der Waals surface area contributed by atoms with Gasteiger partial charge in [-0.05, 0) is 58.3 Å². The third kappa shape index (κ3) is 14.6. The topological polar surface area (TPSA) is 102 Å². The number of nitrogens with one attached hydrogen (secondary N) is 2. The maximum atomic E-state index is 12.3. The smallest absolute Gasteiger partial charge is 0.407 e. The Morgan fingerprint density at radius 2 is 1.32 bits per heavy atom. The van der Waals surface area contributed by atoms with Crippen LogP contribution in [0.25, 0.3) is 0 Å². The van der Waals surface area contributed by atoms with E-state index < -0.39 is 12.2 Å². The van der Waals surface area contributed by atoms with Crippen LogP contribution in [-0.4, -0.2) is 115 Å². The highest BCUT2D eigenvalue weighted by Gasteiger charge is 2.42. The number of likely N-dealkylation sites (N-methyl/N-ethyl adjacent to an activating group) is 2. The molecule has 1 aliphatic rings. The van der Waals surface area contributed by atoms with Crippen molar-refractivity contribution < 1.29 is 28.5 Å². The van der Waals surface area contributed by atoms with Gasteiger partial charge in [-0.1, -0.05) is 20.8 Å². The van der Waals surface area contributed by atoms with Crippen molar-refractivity contribution in [2.45, 2.75) is 46.1 Å². The quantitative estimate of drug-likeness (QED) is 0.338. The van der Waals surface area contributed by atoms with Crippen molar-refractivity contribution in [2.24, 2.45) is 10.8 Å². The molecule has 10 heteroatoms. The average molecular weight is 489 g/mol. The van der Waals surface area contributed by atoms with E-state index in [0.717, 1.165) is 32.4 Å². The highest BCUT2D eigenvalue weighted by atomic mass is 16.6. The minimum atomic E-state index is -0.445. The predicted molar refractivity (Wildman–Crippen MR) is 132 cm³/mol. The second kappa shape index (κ2) is 15.4. The molecule has 10 nitrogen and oxygen atoms in total. The minimum Gasteiger partial charge on any atom is -0.447 e. The van der Waals surface area contributed by atoms with Gasteiger partial charge in [0.2, 0.25) is 0 Å². The maximum absolute atomic E-state index is 12.3. The highest BCUT2D eigenvalue weighted by Crippen LogP contribution is 2.45. The summed E-state index contributed by atoms with van der Waals surface area (Å²) in [5.74, 6) is 0. The molecule has 0 bridgehead atoms. The van der Waals surface area contributed by atoms with Gasteiger partial charge in [-0.3, -0.25) is 0 Å². The fourth-order valence-corrected chi connectivity index (χ4v) is 4.50. The fourth-order valence-electron chi connectivity index (χ4n) is 4.50. The predicted octanol–water partition coefficient (Wildman–Crippen LogP) is 2.18. The van der Waals surface area contributed by atoms with Crippen LogP contribution in [0.4, 0.5) is 9.59 Å². The summed E-state index contributed by atoms with van der Waals surface area (Å²) in [6.07, 6.45) is 1.66. The molecule has 0 heterocycles. The van der Waals surface area contributed by atoms with Gasteiger partial charge in [-0.2, -0.15) is 0 Å². The Balaban J connectivity index is 2.35. The Labute approximate surface area is 206 Å². The third-order valence-electron chi connectivity index (χ3n) is 5.71. The number of nitrogens with zero attached hydrogens (tertiary/aromatic N) is 2. The van der Waals surface area contributed by atoms with Crippen molar-refractivity contribution >= 4 is 12.2 Å². The Kier molecular flexibility index (Phi) is 13.8. The van der Waals surface area contributed by atoms with Crippen LogP contribution < -0.4 is 10.6 Å². The number of carbonyl (C=O) groups is 2. The van der Waals surface area contributed by atoms with E-state index in [1.807, 2.05) is 38.0 Å². The molecule has 34 heavy (non-hydrogen) atoms. The largest absolute Gasteiger partial charge is 0.447 e. The second-order valence-electron chi connectivity index (χ2n) is 10.9. The summed E-state index contributed by atoms with van der Waals surface area (Å²) in [6, 6.07) is -0.0289. The molecule has 200 valence electrons. The molecule has 1 rings (SSSR count). The average Bonchev–Trinajstić information content (AvgIpc) is 2.69. The lowest BCUT2D eigenvalue weighted by Crippen LogP contribution is -2.50. The highest BCUT2D eigenvalue weighted by molar-refractivity contribution is 5.68. The van der Waals surface area contributed by atoms with Crippen LogP contribution in [0.3, 0.4) is 0 Å². The molecule has 2 amide bonds. The van der Waals surface area contributed by atoms with E-state index in [1.165, 1.54) is 0 Å². The normalized spacial score (nSPS) is 22.0. The first-order valence-electron chi connectivity index (χ1n) is 12.2. The third-order valence-corrected chi connectivity index (χ3v) is 5.71. The van der Waals surface area contributed by atoms with Crippen LogP contribution >= 0.6 is 0 Å². The van der Waals surface area contributed by atoms with E-state index in [4.69, 9.17) is 18.9 Å². The molecule has 2 atom stereocenters. The zero-order valence-electron chi connectivity index (χ0n) is 22.4. The number of hydrogen-bond acceptors (Lipinski definition) is 8. The van der Waals surface area contributed by atoms with Gasteiger partial charge in [0.1, 0.15) is 13.2 Å². The molecule has 0 aromatic heterocycles. The van der Waals surface area contributed by atoms with Crippen LogP contribution in [-0.2, 0) is 18.9 Å². The summed E-state index contributed by atoms with van der Waals surface area (Å²) >= 11 is 0. The molecule has 2 unspecified atom stereocenters. The van der Waals surface area contributed by atoms with Crippen LogP contribution in [0.15, 0.2) is 0 Å². The van der Waals surface area contributed by atoms with E-state index in [2.05, 4.69) is 31.4 Å². The standard InChI is InChI=1S/C24H48N4O6/c1-23(2)16-20(26-22(30)34-15-13-32-11-9-28(6)7)17-24(3,18-23)19-25-21(29)33-14-12-31-10-8-27(4)5/h20H,8-19H2,1-7H3,(H,25,29)(H,26,30). The van der Waals surface area contributed by atoms with E-state index >= 15 is 0 Å². The Morgan fingerprint density at radius 3 is 1.85 bits per heavy atom. The van der Waals surface area contributed by atoms with Crippen LogP contribution in [0, 0.1) is 10.8 Å². The van der Waals surface area contributed by atoms with Crippen molar-refractivity contribution in [1.29, 1.82) is 0 Å². The molecular formula is C24H48N4O6. The number of ether oxygens (including phenoxy) is 4. The summed E-state index contributed by atoms with van der Waals surface area (Å²) in [4.78, 5) is 28.5. The summed E-state index contributed by atoms with van der Waals surface area (Å²) in [5, 5.41) is 5.89. The van der Waals surface area contributed by atoms with Gasteiger partial charge >= 0.3 is 12.2 Å². The van der Waals surface area contributed by atoms with E-state index in [9.17, 15) is 9.59 Å². The molecule has 1 fully saturated rings. The summed E-state index contributed by atoms with van der Waals surface area (Å²) in [6.45, 7) is 11.0. The second-order valence-corrected chi connectivity index (χ2v) is 10.9. The van der Waals surface area contributed by atoms with Crippen molar-refractivity contribution in [3.63, 3.8) is 0 Å². The van der Waals surface area contributed by atoms with Crippen molar-refractivity contribution in [3.8, 4) is 0 Å². The van der Waals surface area contributed by atoms with Gasteiger partial charge in [0.05, 0.1) is 26.4 Å². The van der Waals surface area contributed by atoms with E-state index in [0.29, 0.717) is 33.0 Å². The summed E-state index contributed by atoms with van der Waals surface area (Å²) < 4.78 is 21.4. The fraction of sp³-hybridized carbons (Fsp3) is 0.917. The van der Waals surface area contributed by atoms with Crippen LogP contribution in [0.5, 0.6) is 0 Å². The minimum absolute atomic E-state index is 0.0199. The van der Waals surface area contributed by atoms with Gasteiger partial charge in [0, 0.05) is 25.7 Å². The van der Waals surface area contributed by atoms with Gasteiger partial charge in [-0.25, -0.2) is 9.59 Å². The molecule has 1 saturated carbocycles. The number of carbonyl (C=O) groups excluding carboxylic acids is 2. The van der Waals surface area contributed by atoms with Gasteiger partial charge in [0.15, 0.2) is 0 Å². The Bertz CT molecular complexity index is 602. The molecule has 0 spiro atoms. The van der Waals surface area contributed by atoms with Crippen molar-refractivity contribution in [1.82, 2.24) is 20.4 Å². The molecular weight excluding hydrogens is 440 g/mol. The van der Waals surface area contributed by atoms with Crippen LogP contribution in [0.1, 0.15) is 40.0 Å². The molecule has 2 N–H and O–H groups in total. The zero-order chi connectivity index (χ0) is 25.6. The van der Waals surface area contributed by atoms with Crippen molar-refractivity contribution in [2.75, 3.05) is 87.5 Å². The zero-order valence-corrected chi connectivity index (χ0v) is 22.4. The molecule has 1 aliphatic carbocycles. The Morgan fingerprint density at radius 1 is 0.794 bits per heavy atom.